The van der Waals surface area contributed by atoms with Gasteiger partial charge in [-0.05, 0) is 31.0 Å². The van der Waals surface area contributed by atoms with Crippen LogP contribution in [0.2, 0.25) is 0 Å². The molecule has 130 valence electrons. The molecular formula is C18H20N4O3. The average Bonchev–Trinajstić information content (AvgIpc) is 2.86. The van der Waals surface area contributed by atoms with Gasteiger partial charge < -0.3 is 10.4 Å². The van der Waals surface area contributed by atoms with Gasteiger partial charge in [0, 0.05) is 19.3 Å². The number of rotatable bonds is 4. The van der Waals surface area contributed by atoms with E-state index in [2.05, 4.69) is 15.4 Å². The molecule has 25 heavy (non-hydrogen) atoms. The highest BCUT2D eigenvalue weighted by Gasteiger charge is 2.19. The summed E-state index contributed by atoms with van der Waals surface area (Å²) in [7, 11) is 1.67. The van der Waals surface area contributed by atoms with E-state index in [1.165, 1.54) is 4.68 Å². The normalized spacial score (nSPS) is 12.3. The predicted molar refractivity (Wildman–Crippen MR) is 94.5 cm³/mol. The number of aromatic amines is 1. The maximum Gasteiger partial charge on any atom is 0.274 e. The average molecular weight is 340 g/mol. The van der Waals surface area contributed by atoms with Gasteiger partial charge in [0.15, 0.2) is 5.65 Å². The molecule has 3 N–H and O–H groups in total. The molecule has 0 saturated carbocycles. The molecule has 2 heterocycles. The lowest BCUT2D eigenvalue weighted by Crippen LogP contribution is -2.29. The van der Waals surface area contributed by atoms with Gasteiger partial charge in [-0.3, -0.25) is 19.4 Å². The Morgan fingerprint density at radius 3 is 2.80 bits per heavy atom. The number of aliphatic hydroxyl groups excluding tert-OH is 1. The van der Waals surface area contributed by atoms with Crippen LogP contribution in [-0.2, 0) is 7.05 Å². The van der Waals surface area contributed by atoms with Crippen molar-refractivity contribution >= 4 is 16.9 Å². The molecule has 0 fully saturated rings. The number of carbonyl (C=O) groups excluding carboxylic acids is 1. The summed E-state index contributed by atoms with van der Waals surface area (Å²) in [5.41, 5.74) is 2.65. The number of aromatic nitrogens is 3. The number of hydrogen-bond donors (Lipinski definition) is 3. The zero-order chi connectivity index (χ0) is 18.1. The van der Waals surface area contributed by atoms with Gasteiger partial charge in [-0.2, -0.15) is 0 Å². The number of hydrogen-bond acceptors (Lipinski definition) is 4. The van der Waals surface area contributed by atoms with Gasteiger partial charge in [0.25, 0.3) is 11.5 Å². The first kappa shape index (κ1) is 16.9. The highest BCUT2D eigenvalue weighted by Crippen LogP contribution is 2.17. The molecule has 1 atom stereocenters. The second kappa shape index (κ2) is 6.52. The van der Waals surface area contributed by atoms with Crippen LogP contribution in [-0.4, -0.2) is 32.3 Å². The van der Waals surface area contributed by atoms with Gasteiger partial charge in [0.05, 0.1) is 17.1 Å². The number of fused-ring (bicyclic) bond motifs is 1. The van der Waals surface area contributed by atoms with Crippen LogP contribution in [0.25, 0.3) is 11.0 Å². The molecule has 1 unspecified atom stereocenters. The molecule has 0 aliphatic carbocycles. The lowest BCUT2D eigenvalue weighted by Gasteiger charge is -2.14. The number of nitrogens with one attached hydrogen (secondary N) is 2. The van der Waals surface area contributed by atoms with Crippen molar-refractivity contribution in [2.75, 3.05) is 6.54 Å². The molecule has 1 amide bonds. The molecule has 3 aromatic rings. The van der Waals surface area contributed by atoms with Gasteiger partial charge in [-0.25, -0.2) is 4.98 Å². The Hall–Kier alpha value is -2.93. The summed E-state index contributed by atoms with van der Waals surface area (Å²) in [5.74, 6) is -0.417. The third-order valence-electron chi connectivity index (χ3n) is 4.19. The largest absolute Gasteiger partial charge is 0.387 e. The van der Waals surface area contributed by atoms with E-state index in [9.17, 15) is 14.7 Å². The van der Waals surface area contributed by atoms with Gasteiger partial charge in [0.2, 0.25) is 0 Å². The zero-order valence-corrected chi connectivity index (χ0v) is 14.3. The number of pyridine rings is 1. The van der Waals surface area contributed by atoms with Crippen molar-refractivity contribution in [3.8, 4) is 0 Å². The first-order valence-electron chi connectivity index (χ1n) is 7.96. The Morgan fingerprint density at radius 1 is 1.36 bits per heavy atom. The van der Waals surface area contributed by atoms with Crippen LogP contribution in [0.15, 0.2) is 35.1 Å². The van der Waals surface area contributed by atoms with E-state index < -0.39 is 12.0 Å². The van der Waals surface area contributed by atoms with E-state index in [-0.39, 0.29) is 23.1 Å². The summed E-state index contributed by atoms with van der Waals surface area (Å²) >= 11 is 0. The lowest BCUT2D eigenvalue weighted by atomic mass is 10.0. The maximum atomic E-state index is 12.6. The summed E-state index contributed by atoms with van der Waals surface area (Å²) in [6, 6.07) is 9.03. The summed E-state index contributed by atoms with van der Waals surface area (Å²) in [5, 5.41) is 15.9. The fourth-order valence-electron chi connectivity index (χ4n) is 2.92. The van der Waals surface area contributed by atoms with Crippen molar-refractivity contribution in [3.05, 3.63) is 63.1 Å². The first-order chi connectivity index (χ1) is 11.9. The van der Waals surface area contributed by atoms with Crippen LogP contribution < -0.4 is 10.9 Å². The van der Waals surface area contributed by atoms with Crippen molar-refractivity contribution in [3.63, 3.8) is 0 Å². The highest BCUT2D eigenvalue weighted by atomic mass is 16.3. The lowest BCUT2D eigenvalue weighted by molar-refractivity contribution is 0.0917. The Bertz CT molecular complexity index is 1000. The van der Waals surface area contributed by atoms with E-state index in [4.69, 9.17) is 0 Å². The van der Waals surface area contributed by atoms with E-state index >= 15 is 0 Å². The molecule has 7 heteroatoms. The van der Waals surface area contributed by atoms with Crippen LogP contribution in [0.5, 0.6) is 0 Å². The minimum atomic E-state index is -0.822. The van der Waals surface area contributed by atoms with Gasteiger partial charge in [-0.15, -0.1) is 0 Å². The predicted octanol–water partition coefficient (Wildman–Crippen LogP) is 1.34. The van der Waals surface area contributed by atoms with E-state index in [1.54, 1.807) is 20.0 Å². The summed E-state index contributed by atoms with van der Waals surface area (Å²) in [4.78, 5) is 29.0. The Balaban J connectivity index is 1.86. The number of nitrogens with zero attached hydrogens (tertiary/aromatic N) is 2. The van der Waals surface area contributed by atoms with Gasteiger partial charge in [-0.1, -0.05) is 24.3 Å². The molecule has 0 saturated heterocycles. The first-order valence-corrected chi connectivity index (χ1v) is 7.96. The molecule has 3 rings (SSSR count). The van der Waals surface area contributed by atoms with Crippen LogP contribution in [0.4, 0.5) is 0 Å². The molecular weight excluding hydrogens is 320 g/mol. The quantitative estimate of drug-likeness (QED) is 0.667. The SMILES string of the molecule is Cc1cc(C(=O)NCC(O)c2ccccc2C)c2c(=O)[nH]n(C)c2n1. The fourth-order valence-corrected chi connectivity index (χ4v) is 2.92. The standard InChI is InChI=1S/C18H20N4O3/c1-10-6-4-5-7-12(10)14(23)9-19-17(24)13-8-11(2)20-16-15(13)18(25)21-22(16)3/h4-8,14,23H,9H2,1-3H3,(H,19,24)(H,21,25). The molecule has 0 aliphatic rings. The minimum Gasteiger partial charge on any atom is -0.387 e. The van der Waals surface area contributed by atoms with Crippen LogP contribution in [0, 0.1) is 13.8 Å². The topological polar surface area (TPSA) is 100 Å². The Kier molecular flexibility index (Phi) is 4.41. The van der Waals surface area contributed by atoms with Crippen molar-refractivity contribution in [1.29, 1.82) is 0 Å². The number of aryl methyl sites for hydroxylation is 3. The molecule has 0 radical (unpaired) electrons. The second-order valence-electron chi connectivity index (χ2n) is 6.09. The minimum absolute atomic E-state index is 0.0529. The van der Waals surface area contributed by atoms with Crippen LogP contribution in [0.1, 0.15) is 33.3 Å². The van der Waals surface area contributed by atoms with E-state index in [0.717, 1.165) is 11.1 Å². The number of amides is 1. The zero-order valence-electron chi connectivity index (χ0n) is 14.3. The molecule has 1 aromatic carbocycles. The number of aliphatic hydroxyl groups is 1. The summed E-state index contributed by atoms with van der Waals surface area (Å²) in [6.45, 7) is 3.72. The maximum absolute atomic E-state index is 12.6. The molecule has 2 aromatic heterocycles. The number of H-pyrrole nitrogens is 1. The smallest absolute Gasteiger partial charge is 0.274 e. The third-order valence-corrected chi connectivity index (χ3v) is 4.19. The second-order valence-corrected chi connectivity index (χ2v) is 6.09. The van der Waals surface area contributed by atoms with Crippen molar-refractivity contribution in [2.24, 2.45) is 7.05 Å². The third kappa shape index (κ3) is 3.18. The van der Waals surface area contributed by atoms with E-state index in [0.29, 0.717) is 11.3 Å². The highest BCUT2D eigenvalue weighted by molar-refractivity contribution is 6.05. The van der Waals surface area contributed by atoms with Crippen LogP contribution in [0.3, 0.4) is 0 Å². The summed E-state index contributed by atoms with van der Waals surface area (Å²) < 4.78 is 1.49. The number of carbonyl (C=O) groups is 1. The molecule has 0 aliphatic heterocycles. The van der Waals surface area contributed by atoms with E-state index in [1.807, 2.05) is 31.2 Å². The fraction of sp³-hybridized carbons (Fsp3) is 0.278. The van der Waals surface area contributed by atoms with Crippen LogP contribution >= 0.6 is 0 Å². The molecule has 0 bridgehead atoms. The number of benzene rings is 1. The van der Waals surface area contributed by atoms with Crippen molar-refractivity contribution in [1.82, 2.24) is 20.1 Å². The van der Waals surface area contributed by atoms with Gasteiger partial charge in [0.1, 0.15) is 0 Å². The summed E-state index contributed by atoms with van der Waals surface area (Å²) in [6.07, 6.45) is -0.822. The van der Waals surface area contributed by atoms with Gasteiger partial charge >= 0.3 is 0 Å². The van der Waals surface area contributed by atoms with Crippen molar-refractivity contribution < 1.29 is 9.90 Å². The van der Waals surface area contributed by atoms with Crippen molar-refractivity contribution in [2.45, 2.75) is 20.0 Å². The molecule has 7 nitrogen and oxygen atoms in total. The molecule has 0 spiro atoms. The Labute approximate surface area is 144 Å². The Morgan fingerprint density at radius 2 is 2.08 bits per heavy atom. The monoisotopic (exact) mass is 340 g/mol.